The second-order valence-electron chi connectivity index (χ2n) is 4.97. The summed E-state index contributed by atoms with van der Waals surface area (Å²) in [7, 11) is 1.51. The Balaban J connectivity index is 1.94. The van der Waals surface area contributed by atoms with Crippen LogP contribution in [0.2, 0.25) is 0 Å². The number of aromatic nitrogens is 3. The molecule has 4 aromatic rings. The minimum Gasteiger partial charge on any atom is -0.497 e. The number of nitrogens with one attached hydrogen (secondary N) is 1. The standard InChI is InChI=1S/C17H12FN3O/c1-22-10-6-7-11(13(18)8-10)15-9-19-17-16(20-15)12-4-2-3-5-14(12)21-17/h2-9H,1H3,(H,19,21). The summed E-state index contributed by atoms with van der Waals surface area (Å²) >= 11 is 0. The van der Waals surface area contributed by atoms with Crippen LogP contribution in [-0.2, 0) is 0 Å². The smallest absolute Gasteiger partial charge is 0.157 e. The van der Waals surface area contributed by atoms with Crippen molar-refractivity contribution in [1.29, 1.82) is 0 Å². The van der Waals surface area contributed by atoms with E-state index in [1.54, 1.807) is 18.3 Å². The maximum atomic E-state index is 14.2. The number of fused-ring (bicyclic) bond motifs is 3. The number of nitrogens with zero attached hydrogens (tertiary/aromatic N) is 2. The number of rotatable bonds is 2. The van der Waals surface area contributed by atoms with Gasteiger partial charge in [-0.05, 0) is 18.2 Å². The van der Waals surface area contributed by atoms with Gasteiger partial charge < -0.3 is 9.72 Å². The van der Waals surface area contributed by atoms with Crippen molar-refractivity contribution in [2.45, 2.75) is 0 Å². The Labute approximate surface area is 125 Å². The lowest BCUT2D eigenvalue weighted by molar-refractivity contribution is 0.411. The topological polar surface area (TPSA) is 50.8 Å². The summed E-state index contributed by atoms with van der Waals surface area (Å²) in [6, 6.07) is 12.5. The van der Waals surface area contributed by atoms with Crippen LogP contribution in [0.1, 0.15) is 0 Å². The highest BCUT2D eigenvalue weighted by Gasteiger charge is 2.12. The van der Waals surface area contributed by atoms with E-state index in [1.807, 2.05) is 24.3 Å². The van der Waals surface area contributed by atoms with E-state index in [4.69, 9.17) is 4.74 Å². The van der Waals surface area contributed by atoms with Gasteiger partial charge in [-0.25, -0.2) is 14.4 Å². The third-order valence-corrected chi connectivity index (χ3v) is 3.66. The van der Waals surface area contributed by atoms with E-state index in [0.29, 0.717) is 22.7 Å². The predicted octanol–water partition coefficient (Wildman–Crippen LogP) is 3.93. The van der Waals surface area contributed by atoms with E-state index in [0.717, 1.165) is 16.4 Å². The monoisotopic (exact) mass is 293 g/mol. The summed E-state index contributed by atoms with van der Waals surface area (Å²) in [5.41, 5.74) is 3.30. The molecule has 2 heterocycles. The highest BCUT2D eigenvalue weighted by molar-refractivity contribution is 6.03. The van der Waals surface area contributed by atoms with Crippen molar-refractivity contribution >= 4 is 22.1 Å². The first-order chi connectivity index (χ1) is 10.8. The molecule has 0 unspecified atom stereocenters. The van der Waals surface area contributed by atoms with Gasteiger partial charge in [0.25, 0.3) is 0 Å². The Morgan fingerprint density at radius 3 is 2.82 bits per heavy atom. The summed E-state index contributed by atoms with van der Waals surface area (Å²) in [6.45, 7) is 0. The lowest BCUT2D eigenvalue weighted by Crippen LogP contribution is -1.92. The lowest BCUT2D eigenvalue weighted by Gasteiger charge is -2.05. The van der Waals surface area contributed by atoms with Gasteiger partial charge in [-0.2, -0.15) is 0 Å². The van der Waals surface area contributed by atoms with Crippen molar-refractivity contribution in [1.82, 2.24) is 15.0 Å². The largest absolute Gasteiger partial charge is 0.497 e. The van der Waals surface area contributed by atoms with Crippen LogP contribution >= 0.6 is 0 Å². The molecule has 4 rings (SSSR count). The second-order valence-corrected chi connectivity index (χ2v) is 4.97. The molecule has 0 spiro atoms. The SMILES string of the molecule is COc1ccc(-c2cnc3[nH]c4ccccc4c3n2)c(F)c1. The van der Waals surface area contributed by atoms with Crippen LogP contribution in [0, 0.1) is 5.82 Å². The van der Waals surface area contributed by atoms with Crippen LogP contribution in [0.5, 0.6) is 5.75 Å². The molecule has 0 saturated heterocycles. The third-order valence-electron chi connectivity index (χ3n) is 3.66. The van der Waals surface area contributed by atoms with Gasteiger partial charge in [0.2, 0.25) is 0 Å². The predicted molar refractivity (Wildman–Crippen MR) is 83.3 cm³/mol. The molecule has 0 fully saturated rings. The summed E-state index contributed by atoms with van der Waals surface area (Å²) in [6.07, 6.45) is 1.57. The van der Waals surface area contributed by atoms with E-state index in [9.17, 15) is 4.39 Å². The molecule has 22 heavy (non-hydrogen) atoms. The minimum absolute atomic E-state index is 0.382. The van der Waals surface area contributed by atoms with Gasteiger partial charge in [0.15, 0.2) is 5.65 Å². The summed E-state index contributed by atoms with van der Waals surface area (Å²) in [4.78, 5) is 12.1. The highest BCUT2D eigenvalue weighted by atomic mass is 19.1. The molecule has 0 aliphatic carbocycles. The first-order valence-corrected chi connectivity index (χ1v) is 6.83. The molecular formula is C17H12FN3O. The van der Waals surface area contributed by atoms with Crippen molar-refractivity contribution in [2.24, 2.45) is 0 Å². The number of H-pyrrole nitrogens is 1. The first kappa shape index (κ1) is 12.8. The summed E-state index contributed by atoms with van der Waals surface area (Å²) in [5.74, 6) is 0.0928. The Kier molecular flexibility index (Phi) is 2.79. The zero-order valence-electron chi connectivity index (χ0n) is 11.8. The van der Waals surface area contributed by atoms with Crippen molar-refractivity contribution in [2.75, 3.05) is 7.11 Å². The van der Waals surface area contributed by atoms with Crippen molar-refractivity contribution in [3.8, 4) is 17.0 Å². The fraction of sp³-hybridized carbons (Fsp3) is 0.0588. The highest BCUT2D eigenvalue weighted by Crippen LogP contribution is 2.28. The quantitative estimate of drug-likeness (QED) is 0.609. The van der Waals surface area contributed by atoms with E-state index < -0.39 is 0 Å². The van der Waals surface area contributed by atoms with Crippen LogP contribution in [0.3, 0.4) is 0 Å². The zero-order chi connectivity index (χ0) is 15.1. The molecule has 2 aromatic heterocycles. The van der Waals surface area contributed by atoms with Gasteiger partial charge in [-0.15, -0.1) is 0 Å². The molecule has 4 nitrogen and oxygen atoms in total. The lowest BCUT2D eigenvalue weighted by atomic mass is 10.1. The molecule has 108 valence electrons. The molecule has 0 aliphatic heterocycles. The van der Waals surface area contributed by atoms with E-state index >= 15 is 0 Å². The van der Waals surface area contributed by atoms with Crippen molar-refractivity contribution < 1.29 is 9.13 Å². The van der Waals surface area contributed by atoms with E-state index in [2.05, 4.69) is 15.0 Å². The van der Waals surface area contributed by atoms with Crippen LogP contribution in [0.4, 0.5) is 4.39 Å². The van der Waals surface area contributed by atoms with E-state index in [1.165, 1.54) is 13.2 Å². The number of para-hydroxylation sites is 1. The molecule has 0 aliphatic rings. The van der Waals surface area contributed by atoms with Crippen LogP contribution in [0.15, 0.2) is 48.7 Å². The maximum absolute atomic E-state index is 14.2. The average molecular weight is 293 g/mol. The van der Waals surface area contributed by atoms with Gasteiger partial charge in [0.1, 0.15) is 17.1 Å². The molecule has 0 atom stereocenters. The zero-order valence-corrected chi connectivity index (χ0v) is 11.8. The van der Waals surface area contributed by atoms with Gasteiger partial charge in [0.05, 0.1) is 19.0 Å². The number of ether oxygens (including phenoxy) is 1. The maximum Gasteiger partial charge on any atom is 0.157 e. The number of aromatic amines is 1. The Hall–Kier alpha value is -2.95. The minimum atomic E-state index is -0.382. The number of hydrogen-bond donors (Lipinski definition) is 1. The molecule has 0 saturated carbocycles. The summed E-state index contributed by atoms with van der Waals surface area (Å²) < 4.78 is 19.2. The van der Waals surface area contributed by atoms with Crippen LogP contribution in [-0.4, -0.2) is 22.1 Å². The third kappa shape index (κ3) is 1.90. The average Bonchev–Trinajstić information content (AvgIpc) is 2.92. The first-order valence-electron chi connectivity index (χ1n) is 6.83. The summed E-state index contributed by atoms with van der Waals surface area (Å²) in [5, 5.41) is 0.973. The normalized spacial score (nSPS) is 11.2. The Morgan fingerprint density at radius 2 is 2.00 bits per heavy atom. The molecule has 5 heteroatoms. The Bertz CT molecular complexity index is 994. The number of benzene rings is 2. The van der Waals surface area contributed by atoms with Gasteiger partial charge in [0, 0.05) is 22.5 Å². The van der Waals surface area contributed by atoms with Crippen LogP contribution < -0.4 is 4.74 Å². The number of hydrogen-bond acceptors (Lipinski definition) is 3. The van der Waals surface area contributed by atoms with Crippen LogP contribution in [0.25, 0.3) is 33.3 Å². The van der Waals surface area contributed by atoms with Gasteiger partial charge >= 0.3 is 0 Å². The number of methoxy groups -OCH3 is 1. The fourth-order valence-corrected chi connectivity index (χ4v) is 2.55. The number of halogens is 1. The molecule has 0 radical (unpaired) electrons. The molecule has 0 bridgehead atoms. The van der Waals surface area contributed by atoms with Gasteiger partial charge in [-0.1, -0.05) is 18.2 Å². The van der Waals surface area contributed by atoms with Gasteiger partial charge in [-0.3, -0.25) is 0 Å². The Morgan fingerprint density at radius 1 is 1.14 bits per heavy atom. The molecular weight excluding hydrogens is 281 g/mol. The second kappa shape index (κ2) is 4.80. The molecule has 1 N–H and O–H groups in total. The van der Waals surface area contributed by atoms with E-state index in [-0.39, 0.29) is 5.82 Å². The molecule has 0 amide bonds. The molecule has 2 aromatic carbocycles. The van der Waals surface area contributed by atoms with Crippen molar-refractivity contribution in [3.05, 3.63) is 54.5 Å². The van der Waals surface area contributed by atoms with Crippen molar-refractivity contribution in [3.63, 3.8) is 0 Å². The fourth-order valence-electron chi connectivity index (χ4n) is 2.55.